The molecule has 2 aromatic carbocycles. The summed E-state index contributed by atoms with van der Waals surface area (Å²) in [5.41, 5.74) is 1.59. The number of carbonyl (C=O) groups excluding carboxylic acids is 2. The highest BCUT2D eigenvalue weighted by Crippen LogP contribution is 2.14. The van der Waals surface area contributed by atoms with Crippen molar-refractivity contribution in [3.8, 4) is 0 Å². The summed E-state index contributed by atoms with van der Waals surface area (Å²) in [5.74, 6) is -0.624. The van der Waals surface area contributed by atoms with Gasteiger partial charge in [-0.05, 0) is 30.7 Å². The molecule has 0 radical (unpaired) electrons. The average Bonchev–Trinajstić information content (AvgIpc) is 2.55. The lowest BCUT2D eigenvalue weighted by Gasteiger charge is -2.13. The molecule has 0 heterocycles. The Morgan fingerprint density at radius 3 is 2.29 bits per heavy atom. The molecule has 6 nitrogen and oxygen atoms in total. The van der Waals surface area contributed by atoms with Gasteiger partial charge in [-0.2, -0.15) is 0 Å². The van der Waals surface area contributed by atoms with Crippen LogP contribution in [-0.4, -0.2) is 28.9 Å². The predicted molar refractivity (Wildman–Crippen MR) is 90.2 cm³/mol. The van der Waals surface area contributed by atoms with Gasteiger partial charge in [0.1, 0.15) is 0 Å². The summed E-state index contributed by atoms with van der Waals surface area (Å²) in [7, 11) is 0. The van der Waals surface area contributed by atoms with Crippen molar-refractivity contribution in [3.05, 3.63) is 65.7 Å². The number of hydrogen-bond acceptors (Lipinski definition) is 3. The second-order valence-electron chi connectivity index (χ2n) is 5.29. The summed E-state index contributed by atoms with van der Waals surface area (Å²) >= 11 is 0. The summed E-state index contributed by atoms with van der Waals surface area (Å²) in [6.07, 6.45) is -1.29. The molecule has 1 unspecified atom stereocenters. The molecular weight excluding hydrogens is 308 g/mol. The molecule has 1 atom stereocenters. The minimum atomic E-state index is -1.26. The Morgan fingerprint density at radius 1 is 1.00 bits per heavy atom. The molecule has 0 aliphatic heterocycles. The largest absolute Gasteiger partial charge is 0.465 e. The van der Waals surface area contributed by atoms with Gasteiger partial charge in [-0.1, -0.05) is 36.4 Å². The van der Waals surface area contributed by atoms with Crippen molar-refractivity contribution in [1.82, 2.24) is 5.32 Å². The first-order valence-electron chi connectivity index (χ1n) is 7.44. The molecule has 3 N–H and O–H groups in total. The van der Waals surface area contributed by atoms with Gasteiger partial charge in [0.2, 0.25) is 0 Å². The molecule has 0 aromatic heterocycles. The van der Waals surface area contributed by atoms with Crippen molar-refractivity contribution in [2.45, 2.75) is 19.4 Å². The first kappa shape index (κ1) is 17.2. The summed E-state index contributed by atoms with van der Waals surface area (Å²) in [6, 6.07) is 14.9. The molecule has 2 rings (SSSR count). The minimum Gasteiger partial charge on any atom is -0.465 e. The Hall–Kier alpha value is -3.15. The van der Waals surface area contributed by atoms with E-state index in [-0.39, 0.29) is 18.1 Å². The molecule has 0 saturated carbocycles. The lowest BCUT2D eigenvalue weighted by Crippen LogP contribution is -2.38. The quantitative estimate of drug-likeness (QED) is 0.760. The van der Waals surface area contributed by atoms with E-state index >= 15 is 0 Å². The zero-order chi connectivity index (χ0) is 17.5. The summed E-state index contributed by atoms with van der Waals surface area (Å²) < 4.78 is 0. The maximum Gasteiger partial charge on any atom is 0.405 e. The van der Waals surface area contributed by atoms with E-state index in [0.29, 0.717) is 16.8 Å². The minimum absolute atomic E-state index is 0.0279. The van der Waals surface area contributed by atoms with Crippen molar-refractivity contribution in [2.24, 2.45) is 0 Å². The Morgan fingerprint density at radius 2 is 1.62 bits per heavy atom. The van der Waals surface area contributed by atoms with E-state index in [1.165, 1.54) is 6.92 Å². The van der Waals surface area contributed by atoms with E-state index in [0.717, 1.165) is 0 Å². The number of amides is 2. The van der Waals surface area contributed by atoms with Crippen LogP contribution >= 0.6 is 0 Å². The molecule has 0 bridgehead atoms. The van der Waals surface area contributed by atoms with E-state index in [1.807, 2.05) is 18.2 Å². The van der Waals surface area contributed by atoms with Crippen molar-refractivity contribution in [1.29, 1.82) is 0 Å². The lowest BCUT2D eigenvalue weighted by molar-refractivity contribution is -0.119. The molecule has 6 heteroatoms. The van der Waals surface area contributed by atoms with Gasteiger partial charge in [-0.25, -0.2) is 4.79 Å². The Labute approximate surface area is 139 Å². The number of benzene rings is 2. The number of anilines is 1. The number of nitrogens with one attached hydrogen (secondary N) is 2. The molecular formula is C18H18N2O4. The van der Waals surface area contributed by atoms with Crippen LogP contribution in [0.4, 0.5) is 10.5 Å². The van der Waals surface area contributed by atoms with Crippen LogP contribution in [0.15, 0.2) is 54.6 Å². The first-order valence-corrected chi connectivity index (χ1v) is 7.44. The zero-order valence-corrected chi connectivity index (χ0v) is 13.2. The smallest absolute Gasteiger partial charge is 0.405 e. The van der Waals surface area contributed by atoms with Gasteiger partial charge >= 0.3 is 6.09 Å². The first-order chi connectivity index (χ1) is 11.5. The lowest BCUT2D eigenvalue weighted by atomic mass is 9.99. The van der Waals surface area contributed by atoms with Crippen LogP contribution < -0.4 is 10.6 Å². The summed E-state index contributed by atoms with van der Waals surface area (Å²) in [5, 5.41) is 13.6. The van der Waals surface area contributed by atoms with E-state index < -0.39 is 12.1 Å². The summed E-state index contributed by atoms with van der Waals surface area (Å²) in [6.45, 7) is 1.48. The maximum absolute atomic E-state index is 12.4. The number of Topliss-reactive ketones (excluding diaryl/α,β-unsaturated/α-hetero) is 1. The van der Waals surface area contributed by atoms with Crippen LogP contribution in [0.2, 0.25) is 0 Å². The number of carboxylic acid groups (broad SMARTS) is 1. The van der Waals surface area contributed by atoms with Crippen molar-refractivity contribution in [2.75, 3.05) is 5.32 Å². The molecule has 24 heavy (non-hydrogen) atoms. The Balaban J connectivity index is 2.13. The van der Waals surface area contributed by atoms with Crippen LogP contribution in [0.3, 0.4) is 0 Å². The molecule has 0 fully saturated rings. The van der Waals surface area contributed by atoms with Crippen molar-refractivity contribution >= 4 is 23.5 Å². The maximum atomic E-state index is 12.4. The van der Waals surface area contributed by atoms with Gasteiger partial charge in [-0.3, -0.25) is 9.59 Å². The van der Waals surface area contributed by atoms with Crippen LogP contribution in [-0.2, 0) is 11.2 Å². The fourth-order valence-corrected chi connectivity index (χ4v) is 2.22. The van der Waals surface area contributed by atoms with Gasteiger partial charge in [0, 0.05) is 17.7 Å². The van der Waals surface area contributed by atoms with Crippen LogP contribution in [0.5, 0.6) is 0 Å². The fourth-order valence-electron chi connectivity index (χ4n) is 2.22. The predicted octanol–water partition coefficient (Wildman–Crippen LogP) is 2.71. The van der Waals surface area contributed by atoms with Crippen LogP contribution in [0, 0.1) is 0 Å². The molecule has 0 spiro atoms. The molecule has 2 amide bonds. The van der Waals surface area contributed by atoms with E-state index in [1.54, 1.807) is 36.4 Å². The monoisotopic (exact) mass is 326 g/mol. The zero-order valence-electron chi connectivity index (χ0n) is 13.2. The number of ketones is 1. The SMILES string of the molecule is CC(NC(=O)O)C(=O)Cc1ccccc1C(=O)Nc1ccccc1. The van der Waals surface area contributed by atoms with Gasteiger partial charge in [0.15, 0.2) is 5.78 Å². The summed E-state index contributed by atoms with van der Waals surface area (Å²) in [4.78, 5) is 35.2. The molecule has 124 valence electrons. The van der Waals surface area contributed by atoms with Crippen molar-refractivity contribution in [3.63, 3.8) is 0 Å². The third-order valence-electron chi connectivity index (χ3n) is 3.48. The third kappa shape index (κ3) is 4.67. The number of rotatable bonds is 6. The molecule has 0 aliphatic rings. The van der Waals surface area contributed by atoms with Gasteiger partial charge in [-0.15, -0.1) is 0 Å². The van der Waals surface area contributed by atoms with Crippen LogP contribution in [0.1, 0.15) is 22.8 Å². The fraction of sp³-hybridized carbons (Fsp3) is 0.167. The van der Waals surface area contributed by atoms with Gasteiger partial charge in [0.25, 0.3) is 5.91 Å². The average molecular weight is 326 g/mol. The number of carbonyl (C=O) groups is 3. The highest BCUT2D eigenvalue weighted by atomic mass is 16.4. The Kier molecular flexibility index (Phi) is 5.68. The van der Waals surface area contributed by atoms with Gasteiger partial charge < -0.3 is 15.7 Å². The highest BCUT2D eigenvalue weighted by Gasteiger charge is 2.19. The standard InChI is InChI=1S/C18H18N2O4/c1-12(19-18(23)24)16(21)11-13-7-5-6-10-15(13)17(22)20-14-8-3-2-4-9-14/h2-10,12,19H,11H2,1H3,(H,20,22)(H,23,24). The van der Waals surface area contributed by atoms with E-state index in [4.69, 9.17) is 5.11 Å². The van der Waals surface area contributed by atoms with Crippen molar-refractivity contribution < 1.29 is 19.5 Å². The number of para-hydroxylation sites is 1. The topological polar surface area (TPSA) is 95.5 Å². The number of hydrogen-bond donors (Lipinski definition) is 3. The van der Waals surface area contributed by atoms with Crippen LogP contribution in [0.25, 0.3) is 0 Å². The van der Waals surface area contributed by atoms with E-state index in [9.17, 15) is 14.4 Å². The molecule has 2 aromatic rings. The highest BCUT2D eigenvalue weighted by molar-refractivity contribution is 6.06. The third-order valence-corrected chi connectivity index (χ3v) is 3.48. The second-order valence-corrected chi connectivity index (χ2v) is 5.29. The van der Waals surface area contributed by atoms with Gasteiger partial charge in [0.05, 0.1) is 6.04 Å². The Bertz CT molecular complexity index is 744. The second kappa shape index (κ2) is 7.92. The molecule has 0 saturated heterocycles. The van der Waals surface area contributed by atoms with E-state index in [2.05, 4.69) is 10.6 Å². The normalized spacial score (nSPS) is 11.4. The molecule has 0 aliphatic carbocycles.